The Morgan fingerprint density at radius 1 is 1.09 bits per heavy atom. The first-order valence-corrected chi connectivity index (χ1v) is 11.7. The average Bonchev–Trinajstić information content (AvgIpc) is 3.49. The number of carbonyl (C=O) groups is 3. The van der Waals surface area contributed by atoms with Gasteiger partial charge in [-0.3, -0.25) is 9.59 Å². The number of benzene rings is 1. The number of aliphatic carboxylic acids is 1. The number of alkyl carbamates (subject to hydrolysis) is 1. The number of rotatable bonds is 7. The van der Waals surface area contributed by atoms with Crippen LogP contribution in [0.2, 0.25) is 5.02 Å². The fourth-order valence-corrected chi connectivity index (χ4v) is 4.55. The molecule has 2 saturated carbocycles. The lowest BCUT2D eigenvalue weighted by atomic mass is 9.80. The van der Waals surface area contributed by atoms with Gasteiger partial charge in [-0.1, -0.05) is 23.7 Å². The first kappa shape index (κ1) is 24.4. The summed E-state index contributed by atoms with van der Waals surface area (Å²) < 4.78 is 5.39. The summed E-state index contributed by atoms with van der Waals surface area (Å²) in [6.45, 7) is 5.35. The van der Waals surface area contributed by atoms with E-state index in [1.165, 1.54) is 0 Å². The SMILES string of the molecule is CC(C)(C)OC(=O)NC(CC1CCC(C(=O)O)CC1)NC(=O)C1(c2ccc(Cl)cc2)CC1. The zero-order chi connectivity index (χ0) is 23.5. The predicted octanol–water partition coefficient (Wildman–Crippen LogP) is 4.62. The molecule has 2 aliphatic carbocycles. The van der Waals surface area contributed by atoms with E-state index in [1.807, 2.05) is 12.1 Å². The molecule has 0 radical (unpaired) electrons. The summed E-state index contributed by atoms with van der Waals surface area (Å²) in [4.78, 5) is 36.9. The second-order valence-corrected chi connectivity index (χ2v) is 10.5. The minimum Gasteiger partial charge on any atom is -0.481 e. The lowest BCUT2D eigenvalue weighted by Gasteiger charge is -2.31. The van der Waals surface area contributed by atoms with Gasteiger partial charge >= 0.3 is 12.1 Å². The van der Waals surface area contributed by atoms with Gasteiger partial charge in [-0.05, 0) is 89.3 Å². The summed E-state index contributed by atoms with van der Waals surface area (Å²) in [5.41, 5.74) is -0.337. The molecule has 2 amide bonds. The standard InChI is InChI=1S/C24H33ClN2O5/c1-23(2,3)32-22(31)27-19(14-15-4-6-16(7-5-15)20(28)29)26-21(30)24(12-13-24)17-8-10-18(25)11-9-17/h8-11,15-16,19H,4-7,12-14H2,1-3H3,(H,26,30)(H,27,31)(H,28,29). The Balaban J connectivity index is 1.67. The molecule has 7 nitrogen and oxygen atoms in total. The summed E-state index contributed by atoms with van der Waals surface area (Å²) in [6, 6.07) is 7.31. The van der Waals surface area contributed by atoms with Crippen molar-refractivity contribution in [3.8, 4) is 0 Å². The highest BCUT2D eigenvalue weighted by Gasteiger charge is 2.51. The van der Waals surface area contributed by atoms with E-state index < -0.39 is 29.2 Å². The summed E-state index contributed by atoms with van der Waals surface area (Å²) in [5, 5.41) is 15.7. The number of carboxylic acids is 1. The number of carboxylic acid groups (broad SMARTS) is 1. The topological polar surface area (TPSA) is 105 Å². The van der Waals surface area contributed by atoms with Gasteiger partial charge in [0.25, 0.3) is 0 Å². The van der Waals surface area contributed by atoms with Crippen LogP contribution < -0.4 is 10.6 Å². The van der Waals surface area contributed by atoms with E-state index in [2.05, 4.69) is 10.6 Å². The largest absolute Gasteiger partial charge is 0.481 e. The number of amides is 2. The highest BCUT2D eigenvalue weighted by molar-refractivity contribution is 6.30. The number of halogens is 1. The van der Waals surface area contributed by atoms with Crippen LogP contribution in [0.1, 0.15) is 71.3 Å². The van der Waals surface area contributed by atoms with Gasteiger partial charge in [0.05, 0.1) is 11.3 Å². The molecule has 2 fully saturated rings. The van der Waals surface area contributed by atoms with Gasteiger partial charge in [0.2, 0.25) is 5.91 Å². The maximum atomic E-state index is 13.3. The van der Waals surface area contributed by atoms with Crippen molar-refractivity contribution >= 4 is 29.6 Å². The number of hydrogen-bond acceptors (Lipinski definition) is 4. The highest BCUT2D eigenvalue weighted by Crippen LogP contribution is 2.48. The minimum atomic E-state index is -0.751. The summed E-state index contributed by atoms with van der Waals surface area (Å²) in [7, 11) is 0. The second kappa shape index (κ2) is 9.69. The number of ether oxygens (including phenoxy) is 1. The fourth-order valence-electron chi connectivity index (χ4n) is 4.42. The van der Waals surface area contributed by atoms with Crippen LogP contribution in [0.3, 0.4) is 0 Å². The molecule has 0 bridgehead atoms. The second-order valence-electron chi connectivity index (χ2n) is 10.1. The zero-order valence-electron chi connectivity index (χ0n) is 18.9. The molecule has 8 heteroatoms. The normalized spacial score (nSPS) is 23.0. The van der Waals surface area contributed by atoms with Crippen molar-refractivity contribution in [1.29, 1.82) is 0 Å². The van der Waals surface area contributed by atoms with Gasteiger partial charge in [0.1, 0.15) is 11.8 Å². The molecular formula is C24H33ClN2O5. The van der Waals surface area contributed by atoms with Crippen LogP contribution in [0, 0.1) is 11.8 Å². The molecule has 0 heterocycles. The first-order chi connectivity index (χ1) is 15.0. The maximum Gasteiger partial charge on any atom is 0.409 e. The lowest BCUT2D eigenvalue weighted by Crippen LogP contribution is -2.52. The molecule has 1 unspecified atom stereocenters. The number of carbonyl (C=O) groups excluding carboxylic acids is 2. The summed E-state index contributed by atoms with van der Waals surface area (Å²) in [5.74, 6) is -0.965. The fraction of sp³-hybridized carbons (Fsp3) is 0.625. The third kappa shape index (κ3) is 6.37. The summed E-state index contributed by atoms with van der Waals surface area (Å²) in [6.07, 6.45) is 3.57. The Morgan fingerprint density at radius 3 is 2.19 bits per heavy atom. The summed E-state index contributed by atoms with van der Waals surface area (Å²) >= 11 is 6.00. The van der Waals surface area contributed by atoms with E-state index in [0.29, 0.717) is 24.3 Å². The van der Waals surface area contributed by atoms with Crippen LogP contribution in [0.5, 0.6) is 0 Å². The van der Waals surface area contributed by atoms with Crippen LogP contribution in [0.25, 0.3) is 0 Å². The molecular weight excluding hydrogens is 432 g/mol. The molecule has 1 aromatic rings. The van der Waals surface area contributed by atoms with Gasteiger partial charge < -0.3 is 20.5 Å². The molecule has 176 valence electrons. The van der Waals surface area contributed by atoms with E-state index in [4.69, 9.17) is 16.3 Å². The molecule has 0 aliphatic heterocycles. The molecule has 3 N–H and O–H groups in total. The van der Waals surface area contributed by atoms with Crippen molar-refractivity contribution in [2.24, 2.45) is 11.8 Å². The van der Waals surface area contributed by atoms with Crippen molar-refractivity contribution < 1.29 is 24.2 Å². The quantitative estimate of drug-likeness (QED) is 0.510. The molecule has 1 atom stereocenters. The van der Waals surface area contributed by atoms with Crippen molar-refractivity contribution in [3.05, 3.63) is 34.9 Å². The number of hydrogen-bond donors (Lipinski definition) is 3. The third-order valence-corrected chi connectivity index (χ3v) is 6.59. The predicted molar refractivity (Wildman–Crippen MR) is 121 cm³/mol. The van der Waals surface area contributed by atoms with Crippen molar-refractivity contribution in [1.82, 2.24) is 10.6 Å². The monoisotopic (exact) mass is 464 g/mol. The minimum absolute atomic E-state index is 0.125. The van der Waals surface area contributed by atoms with Crippen molar-refractivity contribution in [3.63, 3.8) is 0 Å². The first-order valence-electron chi connectivity index (χ1n) is 11.3. The van der Waals surface area contributed by atoms with Crippen LogP contribution in [-0.2, 0) is 19.7 Å². The van der Waals surface area contributed by atoms with Gasteiger partial charge in [-0.25, -0.2) is 4.79 Å². The molecule has 1 aromatic carbocycles. The Morgan fingerprint density at radius 2 is 1.69 bits per heavy atom. The molecule has 0 spiro atoms. The van der Waals surface area contributed by atoms with Crippen molar-refractivity contribution in [2.45, 2.75) is 82.9 Å². The van der Waals surface area contributed by atoms with Gasteiger partial charge in [-0.2, -0.15) is 0 Å². The maximum absolute atomic E-state index is 13.3. The van der Waals surface area contributed by atoms with Gasteiger partial charge in [-0.15, -0.1) is 0 Å². The lowest BCUT2D eigenvalue weighted by molar-refractivity contribution is -0.143. The number of nitrogens with one attached hydrogen (secondary N) is 2. The van der Waals surface area contributed by atoms with E-state index in [-0.39, 0.29) is 17.7 Å². The molecule has 32 heavy (non-hydrogen) atoms. The van der Waals surface area contributed by atoms with Crippen molar-refractivity contribution in [2.75, 3.05) is 0 Å². The zero-order valence-corrected chi connectivity index (χ0v) is 19.7. The smallest absolute Gasteiger partial charge is 0.409 e. The Bertz CT molecular complexity index is 837. The van der Waals surface area contributed by atoms with E-state index >= 15 is 0 Å². The van der Waals surface area contributed by atoms with Gasteiger partial charge in [0, 0.05) is 5.02 Å². The van der Waals surface area contributed by atoms with E-state index in [0.717, 1.165) is 31.2 Å². The molecule has 0 aromatic heterocycles. The molecule has 2 aliphatic rings. The van der Waals surface area contributed by atoms with Crippen LogP contribution >= 0.6 is 11.6 Å². The van der Waals surface area contributed by atoms with E-state index in [1.54, 1.807) is 32.9 Å². The molecule has 3 rings (SSSR count). The van der Waals surface area contributed by atoms with Crippen LogP contribution in [-0.4, -0.2) is 34.8 Å². The Kier molecular flexibility index (Phi) is 7.38. The van der Waals surface area contributed by atoms with E-state index in [9.17, 15) is 19.5 Å². The highest BCUT2D eigenvalue weighted by atomic mass is 35.5. The Labute approximate surface area is 194 Å². The Hall–Kier alpha value is -2.28. The average molecular weight is 465 g/mol. The van der Waals surface area contributed by atoms with Crippen LogP contribution in [0.15, 0.2) is 24.3 Å². The van der Waals surface area contributed by atoms with Gasteiger partial charge in [0.15, 0.2) is 0 Å². The molecule has 0 saturated heterocycles. The third-order valence-electron chi connectivity index (χ3n) is 6.34. The van der Waals surface area contributed by atoms with Crippen LogP contribution in [0.4, 0.5) is 4.79 Å².